The number of rotatable bonds is 6. The zero-order valence-corrected chi connectivity index (χ0v) is 18.2. The van der Waals surface area contributed by atoms with Gasteiger partial charge in [0.15, 0.2) is 11.6 Å². The zero-order chi connectivity index (χ0) is 24.2. The fraction of sp³-hybridized carbons (Fsp3) is 0.0455. The first-order valence-corrected chi connectivity index (χ1v) is 11.1. The highest BCUT2D eigenvalue weighted by Crippen LogP contribution is 2.35. The van der Waals surface area contributed by atoms with Crippen molar-refractivity contribution in [3.05, 3.63) is 82.1 Å². The lowest BCUT2D eigenvalue weighted by atomic mass is 10.1. The molecule has 0 saturated heterocycles. The van der Waals surface area contributed by atoms with Crippen LogP contribution in [0.25, 0.3) is 0 Å². The fourth-order valence-electron chi connectivity index (χ4n) is 2.81. The van der Waals surface area contributed by atoms with Crippen LogP contribution in [-0.4, -0.2) is 14.3 Å². The van der Waals surface area contributed by atoms with Crippen molar-refractivity contribution in [2.75, 3.05) is 5.32 Å². The van der Waals surface area contributed by atoms with Crippen molar-refractivity contribution in [1.29, 1.82) is 10.5 Å². The Labute approximate surface area is 193 Å². The Bertz CT molecular complexity index is 1400. The number of anilines is 1. The Morgan fingerprint density at radius 1 is 1.06 bits per heavy atom. The van der Waals surface area contributed by atoms with E-state index in [4.69, 9.17) is 32.0 Å². The SMILES string of the molecule is N#Cc1cc(C#N)cc(Oc2c(Cl)ccc(CC(=O)Nc3ccc(S(N)(=O)=O)cc3)c2F)c1. The van der Waals surface area contributed by atoms with Crippen LogP contribution in [0.5, 0.6) is 11.5 Å². The number of hydrogen-bond acceptors (Lipinski definition) is 6. The molecule has 8 nitrogen and oxygen atoms in total. The Kier molecular flexibility index (Phi) is 6.95. The van der Waals surface area contributed by atoms with Gasteiger partial charge < -0.3 is 10.1 Å². The van der Waals surface area contributed by atoms with Crippen molar-refractivity contribution < 1.29 is 22.3 Å². The van der Waals surface area contributed by atoms with Crippen LogP contribution < -0.4 is 15.2 Å². The third kappa shape index (κ3) is 5.84. The quantitative estimate of drug-likeness (QED) is 0.543. The second kappa shape index (κ2) is 9.67. The van der Waals surface area contributed by atoms with Gasteiger partial charge in [0.2, 0.25) is 15.9 Å². The van der Waals surface area contributed by atoms with Crippen molar-refractivity contribution in [1.82, 2.24) is 0 Å². The summed E-state index contributed by atoms with van der Waals surface area (Å²) in [4.78, 5) is 12.3. The first kappa shape index (κ1) is 23.7. The molecule has 0 saturated carbocycles. The summed E-state index contributed by atoms with van der Waals surface area (Å²) in [5, 5.41) is 25.6. The third-order valence-electron chi connectivity index (χ3n) is 4.33. The first-order valence-electron chi connectivity index (χ1n) is 9.13. The highest BCUT2D eigenvalue weighted by Gasteiger charge is 2.18. The number of sulfonamides is 1. The molecule has 0 bridgehead atoms. The van der Waals surface area contributed by atoms with Gasteiger partial charge in [-0.25, -0.2) is 17.9 Å². The average molecular weight is 485 g/mol. The predicted molar refractivity (Wildman–Crippen MR) is 118 cm³/mol. The number of nitrogens with zero attached hydrogens (tertiary/aromatic N) is 2. The lowest BCUT2D eigenvalue weighted by molar-refractivity contribution is -0.115. The van der Waals surface area contributed by atoms with E-state index in [9.17, 15) is 13.2 Å². The molecule has 0 heterocycles. The second-order valence-electron chi connectivity index (χ2n) is 6.72. The number of ether oxygens (including phenoxy) is 1. The summed E-state index contributed by atoms with van der Waals surface area (Å²) in [6, 6.07) is 15.6. The molecule has 3 aromatic rings. The summed E-state index contributed by atoms with van der Waals surface area (Å²) in [7, 11) is -3.87. The number of primary sulfonamides is 1. The van der Waals surface area contributed by atoms with Crippen LogP contribution in [0, 0.1) is 28.5 Å². The largest absolute Gasteiger partial charge is 0.453 e. The van der Waals surface area contributed by atoms with E-state index in [-0.39, 0.29) is 50.2 Å². The minimum absolute atomic E-state index is 0.0231. The summed E-state index contributed by atoms with van der Waals surface area (Å²) in [6.45, 7) is 0. The molecular formula is C22H14ClFN4O4S. The Morgan fingerprint density at radius 3 is 2.21 bits per heavy atom. The van der Waals surface area contributed by atoms with E-state index in [2.05, 4.69) is 5.32 Å². The lowest BCUT2D eigenvalue weighted by Crippen LogP contribution is -2.16. The zero-order valence-electron chi connectivity index (χ0n) is 16.7. The molecule has 0 unspecified atom stereocenters. The summed E-state index contributed by atoms with van der Waals surface area (Å²) >= 11 is 6.06. The van der Waals surface area contributed by atoms with E-state index in [1.165, 1.54) is 54.6 Å². The maximum Gasteiger partial charge on any atom is 0.238 e. The van der Waals surface area contributed by atoms with E-state index in [0.717, 1.165) is 0 Å². The molecule has 1 amide bonds. The van der Waals surface area contributed by atoms with E-state index in [1.807, 2.05) is 12.1 Å². The van der Waals surface area contributed by atoms with Crippen molar-refractivity contribution in [2.45, 2.75) is 11.3 Å². The molecule has 11 heteroatoms. The number of carbonyl (C=O) groups is 1. The molecule has 0 spiro atoms. The van der Waals surface area contributed by atoms with E-state index in [1.54, 1.807) is 0 Å². The van der Waals surface area contributed by atoms with Gasteiger partial charge in [0, 0.05) is 11.3 Å². The molecule has 3 aromatic carbocycles. The number of hydrogen-bond donors (Lipinski definition) is 2. The van der Waals surface area contributed by atoms with E-state index >= 15 is 4.39 Å². The standard InChI is InChI=1S/C22H14ClFN4O4S/c23-19-6-1-15(10-20(29)28-16-2-4-18(5-3-16)33(27,30)31)21(24)22(19)32-17-8-13(11-25)7-14(9-17)12-26/h1-9H,10H2,(H,28,29)(H2,27,30,31). The number of carbonyl (C=O) groups excluding carboxylic acids is 1. The molecule has 0 aliphatic carbocycles. The summed E-state index contributed by atoms with van der Waals surface area (Å²) in [5.41, 5.74) is 0.551. The molecule has 0 fully saturated rings. The van der Waals surface area contributed by atoms with Crippen LogP contribution >= 0.6 is 11.6 Å². The molecule has 3 rings (SSSR count). The maximum atomic E-state index is 15.1. The van der Waals surface area contributed by atoms with Crippen molar-refractivity contribution in [3.8, 4) is 23.6 Å². The molecule has 0 aliphatic rings. The van der Waals surface area contributed by atoms with E-state index in [0.29, 0.717) is 0 Å². The summed E-state index contributed by atoms with van der Waals surface area (Å²) < 4.78 is 43.2. The van der Waals surface area contributed by atoms with Gasteiger partial charge in [-0.15, -0.1) is 0 Å². The Balaban J connectivity index is 1.80. The molecule has 33 heavy (non-hydrogen) atoms. The molecule has 0 atom stereocenters. The normalized spacial score (nSPS) is 10.7. The molecule has 0 aromatic heterocycles. The number of nitriles is 2. The minimum atomic E-state index is -3.87. The van der Waals surface area contributed by atoms with Crippen LogP contribution in [-0.2, 0) is 21.2 Å². The average Bonchev–Trinajstić information content (AvgIpc) is 2.78. The van der Waals surface area contributed by atoms with Crippen molar-refractivity contribution >= 4 is 33.2 Å². The van der Waals surface area contributed by atoms with Gasteiger partial charge in [-0.3, -0.25) is 4.79 Å². The van der Waals surface area contributed by atoms with Gasteiger partial charge in [-0.05, 0) is 48.5 Å². The molecule has 166 valence electrons. The Morgan fingerprint density at radius 2 is 1.67 bits per heavy atom. The van der Waals surface area contributed by atoms with Gasteiger partial charge >= 0.3 is 0 Å². The monoisotopic (exact) mass is 484 g/mol. The molecular weight excluding hydrogens is 471 g/mol. The van der Waals surface area contributed by atoms with Gasteiger partial charge in [-0.1, -0.05) is 17.7 Å². The van der Waals surface area contributed by atoms with Gasteiger partial charge in [0.1, 0.15) is 5.75 Å². The fourth-order valence-corrected chi connectivity index (χ4v) is 3.51. The third-order valence-corrected chi connectivity index (χ3v) is 5.56. The van der Waals surface area contributed by atoms with Crippen molar-refractivity contribution in [2.24, 2.45) is 5.14 Å². The number of amides is 1. The van der Waals surface area contributed by atoms with E-state index < -0.39 is 21.7 Å². The van der Waals surface area contributed by atoms with Gasteiger partial charge in [0.25, 0.3) is 0 Å². The Hall–Kier alpha value is -3.96. The van der Waals surface area contributed by atoms with Crippen LogP contribution in [0.3, 0.4) is 0 Å². The number of nitrogens with one attached hydrogen (secondary N) is 1. The van der Waals surface area contributed by atoms with Crippen LogP contribution in [0.2, 0.25) is 5.02 Å². The summed E-state index contributed by atoms with van der Waals surface area (Å²) in [6.07, 6.45) is -0.377. The topological polar surface area (TPSA) is 146 Å². The van der Waals surface area contributed by atoms with Crippen LogP contribution in [0.4, 0.5) is 10.1 Å². The van der Waals surface area contributed by atoms with Crippen molar-refractivity contribution in [3.63, 3.8) is 0 Å². The molecule has 0 radical (unpaired) electrons. The van der Waals surface area contributed by atoms with Gasteiger partial charge in [-0.2, -0.15) is 10.5 Å². The van der Waals surface area contributed by atoms with Crippen LogP contribution in [0.15, 0.2) is 59.5 Å². The highest BCUT2D eigenvalue weighted by atomic mass is 35.5. The number of halogens is 2. The predicted octanol–water partition coefficient (Wildman–Crippen LogP) is 3.84. The summed E-state index contributed by atoms with van der Waals surface area (Å²) in [5.74, 6) is -1.80. The molecule has 0 aliphatic heterocycles. The molecule has 3 N–H and O–H groups in total. The maximum absolute atomic E-state index is 15.1. The number of nitrogens with two attached hydrogens (primary N) is 1. The second-order valence-corrected chi connectivity index (χ2v) is 8.68. The number of benzene rings is 3. The minimum Gasteiger partial charge on any atom is -0.453 e. The van der Waals surface area contributed by atoms with Gasteiger partial charge in [0.05, 0.1) is 39.6 Å². The first-order chi connectivity index (χ1) is 15.6. The lowest BCUT2D eigenvalue weighted by Gasteiger charge is -2.13. The highest BCUT2D eigenvalue weighted by molar-refractivity contribution is 7.89. The smallest absolute Gasteiger partial charge is 0.238 e. The van der Waals surface area contributed by atoms with Crippen LogP contribution in [0.1, 0.15) is 16.7 Å².